The van der Waals surface area contributed by atoms with E-state index in [0.717, 1.165) is 0 Å². The molecule has 1 heterocycles. The summed E-state index contributed by atoms with van der Waals surface area (Å²) in [6.45, 7) is 3.40. The van der Waals surface area contributed by atoms with Gasteiger partial charge in [-0.3, -0.25) is 4.79 Å². The second kappa shape index (κ2) is 6.44. The molecule has 0 aliphatic rings. The van der Waals surface area contributed by atoms with E-state index in [-0.39, 0.29) is 5.69 Å². The van der Waals surface area contributed by atoms with Crippen LogP contribution in [0, 0.1) is 13.8 Å². The van der Waals surface area contributed by atoms with Gasteiger partial charge in [-0.15, -0.1) is 0 Å². The van der Waals surface area contributed by atoms with Gasteiger partial charge in [-0.2, -0.15) is 11.8 Å². The zero-order chi connectivity index (χ0) is 13.7. The normalized spacial score (nSPS) is 12.2. The van der Waals surface area contributed by atoms with E-state index in [9.17, 15) is 9.59 Å². The van der Waals surface area contributed by atoms with Crippen LogP contribution < -0.4 is 5.32 Å². The lowest BCUT2D eigenvalue weighted by atomic mass is 10.2. The van der Waals surface area contributed by atoms with Crippen molar-refractivity contribution in [3.63, 3.8) is 0 Å². The van der Waals surface area contributed by atoms with Crippen molar-refractivity contribution in [2.24, 2.45) is 0 Å². The molecule has 100 valence electrons. The van der Waals surface area contributed by atoms with Crippen molar-refractivity contribution in [1.82, 2.24) is 10.5 Å². The Balaban J connectivity index is 2.72. The molecule has 0 aliphatic carbocycles. The third-order valence-corrected chi connectivity index (χ3v) is 3.23. The first-order chi connectivity index (χ1) is 8.47. The average molecular weight is 272 g/mol. The highest BCUT2D eigenvalue weighted by atomic mass is 32.2. The summed E-state index contributed by atoms with van der Waals surface area (Å²) in [5, 5.41) is 15.1. The van der Waals surface area contributed by atoms with E-state index >= 15 is 0 Å². The standard InChI is InChI=1S/C11H16N2O4S/c1-6-7(2)17-13-9(6)10(14)12-8(11(15)16)4-5-18-3/h8H,4-5H2,1-3H3,(H,12,14)(H,15,16)/t8-/m0/s1. The second-order valence-corrected chi connectivity index (χ2v) is 4.84. The third-order valence-electron chi connectivity index (χ3n) is 2.59. The van der Waals surface area contributed by atoms with Crippen LogP contribution in [0.4, 0.5) is 0 Å². The molecule has 0 saturated heterocycles. The minimum atomic E-state index is -1.05. The molecule has 0 unspecified atom stereocenters. The maximum absolute atomic E-state index is 11.9. The largest absolute Gasteiger partial charge is 0.480 e. The number of nitrogens with one attached hydrogen (secondary N) is 1. The first kappa shape index (κ1) is 14.6. The van der Waals surface area contributed by atoms with Gasteiger partial charge in [-0.25, -0.2) is 4.79 Å². The van der Waals surface area contributed by atoms with Crippen molar-refractivity contribution in [2.75, 3.05) is 12.0 Å². The number of carbonyl (C=O) groups is 2. The summed E-state index contributed by atoms with van der Waals surface area (Å²) in [4.78, 5) is 22.8. The Kier molecular flexibility index (Phi) is 5.21. The summed E-state index contributed by atoms with van der Waals surface area (Å²) in [7, 11) is 0. The van der Waals surface area contributed by atoms with Crippen LogP contribution in [0.15, 0.2) is 4.52 Å². The molecular weight excluding hydrogens is 256 g/mol. The van der Waals surface area contributed by atoms with E-state index in [1.807, 2.05) is 6.26 Å². The van der Waals surface area contributed by atoms with Gasteiger partial charge in [0.05, 0.1) is 0 Å². The summed E-state index contributed by atoms with van der Waals surface area (Å²) in [5.74, 6) is -0.349. The average Bonchev–Trinajstić information content (AvgIpc) is 2.65. The molecule has 6 nitrogen and oxygen atoms in total. The third kappa shape index (κ3) is 3.49. The second-order valence-electron chi connectivity index (χ2n) is 3.86. The number of carbonyl (C=O) groups excluding carboxylic acids is 1. The van der Waals surface area contributed by atoms with E-state index < -0.39 is 17.9 Å². The Morgan fingerprint density at radius 1 is 1.50 bits per heavy atom. The van der Waals surface area contributed by atoms with Gasteiger partial charge in [-0.1, -0.05) is 5.16 Å². The maximum atomic E-state index is 11.9. The number of aromatic nitrogens is 1. The van der Waals surface area contributed by atoms with Crippen LogP contribution in [-0.4, -0.2) is 40.2 Å². The predicted octanol–water partition coefficient (Wildman–Crippen LogP) is 1.23. The van der Waals surface area contributed by atoms with Crippen LogP contribution in [0.25, 0.3) is 0 Å². The summed E-state index contributed by atoms with van der Waals surface area (Å²) >= 11 is 1.53. The number of nitrogens with zero attached hydrogens (tertiary/aromatic N) is 1. The minimum Gasteiger partial charge on any atom is -0.480 e. The molecule has 18 heavy (non-hydrogen) atoms. The summed E-state index contributed by atoms with van der Waals surface area (Å²) in [6.07, 6.45) is 2.25. The molecule has 7 heteroatoms. The number of aryl methyl sites for hydroxylation is 1. The van der Waals surface area contributed by atoms with E-state index in [1.54, 1.807) is 13.8 Å². The Labute approximate surface area is 109 Å². The molecule has 1 rings (SSSR count). The van der Waals surface area contributed by atoms with Crippen LogP contribution in [0.2, 0.25) is 0 Å². The van der Waals surface area contributed by atoms with Gasteiger partial charge in [0, 0.05) is 5.56 Å². The van der Waals surface area contributed by atoms with Gasteiger partial charge in [0.25, 0.3) is 5.91 Å². The molecule has 0 bridgehead atoms. The van der Waals surface area contributed by atoms with Crippen LogP contribution in [0.3, 0.4) is 0 Å². The fourth-order valence-corrected chi connectivity index (χ4v) is 1.82. The van der Waals surface area contributed by atoms with Gasteiger partial charge < -0.3 is 14.9 Å². The van der Waals surface area contributed by atoms with Crippen LogP contribution in [0.1, 0.15) is 28.2 Å². The van der Waals surface area contributed by atoms with Gasteiger partial charge in [0.1, 0.15) is 11.8 Å². The number of amides is 1. The molecule has 0 aliphatic heterocycles. The van der Waals surface area contributed by atoms with Gasteiger partial charge >= 0.3 is 5.97 Å². The quantitative estimate of drug-likeness (QED) is 0.809. The van der Waals surface area contributed by atoms with E-state index in [4.69, 9.17) is 9.63 Å². The van der Waals surface area contributed by atoms with Crippen molar-refractivity contribution in [1.29, 1.82) is 0 Å². The van der Waals surface area contributed by atoms with E-state index in [2.05, 4.69) is 10.5 Å². The van der Waals surface area contributed by atoms with Crippen LogP contribution in [-0.2, 0) is 4.79 Å². The number of rotatable bonds is 6. The fraction of sp³-hybridized carbons (Fsp3) is 0.545. The summed E-state index contributed by atoms with van der Waals surface area (Å²) < 4.78 is 4.88. The number of carboxylic acids is 1. The number of hydrogen-bond acceptors (Lipinski definition) is 5. The Hall–Kier alpha value is -1.50. The minimum absolute atomic E-state index is 0.142. The molecule has 1 aromatic heterocycles. The summed E-state index contributed by atoms with van der Waals surface area (Å²) in [6, 6.07) is -0.902. The molecule has 0 aromatic carbocycles. The van der Waals surface area contributed by atoms with Crippen LogP contribution in [0.5, 0.6) is 0 Å². The highest BCUT2D eigenvalue weighted by Gasteiger charge is 2.23. The van der Waals surface area contributed by atoms with E-state index in [0.29, 0.717) is 23.5 Å². The lowest BCUT2D eigenvalue weighted by molar-refractivity contribution is -0.139. The van der Waals surface area contributed by atoms with Crippen LogP contribution >= 0.6 is 11.8 Å². The SMILES string of the molecule is CSCC[C@H](NC(=O)c1noc(C)c1C)C(=O)O. The molecule has 1 aromatic rings. The number of thioether (sulfide) groups is 1. The number of carboxylic acid groups (broad SMARTS) is 1. The van der Waals surface area contributed by atoms with Crippen molar-refractivity contribution < 1.29 is 19.2 Å². The summed E-state index contributed by atoms with van der Waals surface area (Å²) in [5.41, 5.74) is 0.768. The highest BCUT2D eigenvalue weighted by Crippen LogP contribution is 2.11. The lowest BCUT2D eigenvalue weighted by Crippen LogP contribution is -2.41. The number of hydrogen-bond donors (Lipinski definition) is 2. The van der Waals surface area contributed by atoms with Gasteiger partial charge in [-0.05, 0) is 32.3 Å². The molecule has 0 radical (unpaired) electrons. The topological polar surface area (TPSA) is 92.4 Å². The van der Waals surface area contributed by atoms with Crippen molar-refractivity contribution >= 4 is 23.6 Å². The molecule has 0 spiro atoms. The molecule has 2 N–H and O–H groups in total. The van der Waals surface area contributed by atoms with E-state index in [1.165, 1.54) is 11.8 Å². The fourth-order valence-electron chi connectivity index (χ4n) is 1.35. The maximum Gasteiger partial charge on any atom is 0.326 e. The van der Waals surface area contributed by atoms with Gasteiger partial charge in [0.2, 0.25) is 0 Å². The Morgan fingerprint density at radius 2 is 2.17 bits per heavy atom. The smallest absolute Gasteiger partial charge is 0.326 e. The lowest BCUT2D eigenvalue weighted by Gasteiger charge is -2.12. The number of aliphatic carboxylic acids is 1. The molecule has 0 saturated carbocycles. The zero-order valence-electron chi connectivity index (χ0n) is 10.5. The van der Waals surface area contributed by atoms with Crippen molar-refractivity contribution in [3.8, 4) is 0 Å². The first-order valence-corrected chi connectivity index (χ1v) is 6.82. The Morgan fingerprint density at radius 3 is 2.61 bits per heavy atom. The monoisotopic (exact) mass is 272 g/mol. The molecule has 1 atom stereocenters. The molecule has 0 fully saturated rings. The molecule has 1 amide bonds. The predicted molar refractivity (Wildman–Crippen MR) is 67.9 cm³/mol. The van der Waals surface area contributed by atoms with Gasteiger partial charge in [0.15, 0.2) is 5.69 Å². The molecular formula is C11H16N2O4S. The van der Waals surface area contributed by atoms with Crippen molar-refractivity contribution in [2.45, 2.75) is 26.3 Å². The zero-order valence-corrected chi connectivity index (χ0v) is 11.3. The Bertz CT molecular complexity index is 444. The van der Waals surface area contributed by atoms with Crippen molar-refractivity contribution in [3.05, 3.63) is 17.0 Å². The first-order valence-electron chi connectivity index (χ1n) is 5.42. The highest BCUT2D eigenvalue weighted by molar-refractivity contribution is 7.98.